The first-order valence-electron chi connectivity index (χ1n) is 16.6. The second-order valence-electron chi connectivity index (χ2n) is 16.1. The number of carboxylic acids is 1. The maximum absolute atomic E-state index is 13.2. The summed E-state index contributed by atoms with van der Waals surface area (Å²) in [6.07, 6.45) is 16.4. The van der Waals surface area contributed by atoms with E-state index in [1.807, 2.05) is 5.57 Å². The number of carboxylic acid groups (broad SMARTS) is 1. The van der Waals surface area contributed by atoms with Gasteiger partial charge in [-0.3, -0.25) is 0 Å². The fourth-order valence-electron chi connectivity index (χ4n) is 11.4. The Labute approximate surface area is 262 Å². The molecule has 0 amide bonds. The van der Waals surface area contributed by atoms with Crippen LogP contribution in [0.4, 0.5) is 0 Å². The molecule has 1 aromatic rings. The summed E-state index contributed by atoms with van der Waals surface area (Å²) in [6, 6.07) is 6.42. The molecule has 4 heteroatoms. The number of aromatic carboxylic acids is 1. The van der Waals surface area contributed by atoms with Gasteiger partial charge in [0.2, 0.25) is 0 Å². The SMILES string of the molecule is C.C.CCC12CCC3C(=CCC4C3(C)CCC3C(C)C(OC(=O)c5ccccc5C(=O)O)CCC34C)C1CC(C)(C)CC2. The fourth-order valence-corrected chi connectivity index (χ4v) is 11.4. The highest BCUT2D eigenvalue weighted by Gasteiger charge is 2.63. The molecule has 9 unspecified atom stereocenters. The van der Waals surface area contributed by atoms with Crippen LogP contribution in [-0.4, -0.2) is 23.1 Å². The normalized spacial score (nSPS) is 40.9. The number of carbonyl (C=O) groups is 2. The molecule has 5 aliphatic rings. The molecule has 0 saturated heterocycles. The average Bonchev–Trinajstić information content (AvgIpc) is 2.94. The highest BCUT2D eigenvalue weighted by Crippen LogP contribution is 2.71. The molecular formula is C39H60O4. The Hall–Kier alpha value is -2.10. The van der Waals surface area contributed by atoms with E-state index in [0.29, 0.717) is 28.1 Å². The number of benzene rings is 1. The molecule has 4 nitrogen and oxygen atoms in total. The molecule has 0 aromatic heterocycles. The minimum Gasteiger partial charge on any atom is -0.478 e. The molecule has 0 radical (unpaired) electrons. The Kier molecular flexibility index (Phi) is 9.18. The van der Waals surface area contributed by atoms with Gasteiger partial charge in [-0.15, -0.1) is 0 Å². The van der Waals surface area contributed by atoms with Gasteiger partial charge >= 0.3 is 11.9 Å². The Morgan fingerprint density at radius 3 is 2.23 bits per heavy atom. The van der Waals surface area contributed by atoms with Crippen molar-refractivity contribution in [2.75, 3.05) is 0 Å². The first kappa shape index (κ1) is 33.8. The van der Waals surface area contributed by atoms with Gasteiger partial charge in [-0.2, -0.15) is 0 Å². The second-order valence-corrected chi connectivity index (χ2v) is 16.1. The van der Waals surface area contributed by atoms with Crippen LogP contribution in [0.2, 0.25) is 0 Å². The topological polar surface area (TPSA) is 63.6 Å². The van der Waals surface area contributed by atoms with Crippen molar-refractivity contribution in [1.29, 1.82) is 0 Å². The van der Waals surface area contributed by atoms with Crippen molar-refractivity contribution >= 4 is 11.9 Å². The molecule has 1 N–H and O–H groups in total. The number of fused-ring (bicyclic) bond motifs is 7. The third-order valence-electron chi connectivity index (χ3n) is 13.9. The van der Waals surface area contributed by atoms with Crippen LogP contribution < -0.4 is 0 Å². The van der Waals surface area contributed by atoms with E-state index >= 15 is 0 Å². The molecule has 0 aliphatic heterocycles. The van der Waals surface area contributed by atoms with Crippen LogP contribution in [0.25, 0.3) is 0 Å². The predicted octanol–water partition coefficient (Wildman–Crippen LogP) is 10.6. The molecule has 6 rings (SSSR count). The summed E-state index contributed by atoms with van der Waals surface area (Å²) in [4.78, 5) is 24.9. The zero-order valence-corrected chi connectivity index (χ0v) is 26.3. The average molecular weight is 593 g/mol. The van der Waals surface area contributed by atoms with Gasteiger partial charge in [0.25, 0.3) is 0 Å². The molecule has 0 bridgehead atoms. The molecule has 5 aliphatic carbocycles. The number of esters is 1. The van der Waals surface area contributed by atoms with Crippen LogP contribution in [0.5, 0.6) is 0 Å². The van der Waals surface area contributed by atoms with E-state index in [0.717, 1.165) is 24.7 Å². The van der Waals surface area contributed by atoms with E-state index < -0.39 is 11.9 Å². The number of ether oxygens (including phenoxy) is 1. The predicted molar refractivity (Wildman–Crippen MR) is 176 cm³/mol. The second kappa shape index (κ2) is 11.7. The molecule has 9 atom stereocenters. The highest BCUT2D eigenvalue weighted by molar-refractivity contribution is 6.02. The highest BCUT2D eigenvalue weighted by atomic mass is 16.5. The largest absolute Gasteiger partial charge is 0.478 e. The molecule has 4 saturated carbocycles. The smallest absolute Gasteiger partial charge is 0.339 e. The molecule has 43 heavy (non-hydrogen) atoms. The maximum Gasteiger partial charge on any atom is 0.339 e. The van der Waals surface area contributed by atoms with Crippen molar-refractivity contribution in [3.63, 3.8) is 0 Å². The first-order valence-corrected chi connectivity index (χ1v) is 16.6. The zero-order chi connectivity index (χ0) is 29.4. The lowest BCUT2D eigenvalue weighted by atomic mass is 9.38. The van der Waals surface area contributed by atoms with Crippen molar-refractivity contribution in [3.8, 4) is 0 Å². The van der Waals surface area contributed by atoms with Crippen LogP contribution in [0.3, 0.4) is 0 Å². The van der Waals surface area contributed by atoms with Crippen molar-refractivity contribution < 1.29 is 19.4 Å². The van der Waals surface area contributed by atoms with Gasteiger partial charge in [0.1, 0.15) is 6.10 Å². The van der Waals surface area contributed by atoms with Crippen LogP contribution in [0.1, 0.15) is 148 Å². The van der Waals surface area contributed by atoms with Crippen molar-refractivity contribution in [2.24, 2.45) is 51.2 Å². The van der Waals surface area contributed by atoms with Crippen LogP contribution in [-0.2, 0) is 4.74 Å². The number of hydrogen-bond acceptors (Lipinski definition) is 3. The van der Waals surface area contributed by atoms with Gasteiger partial charge < -0.3 is 9.84 Å². The summed E-state index contributed by atoms with van der Waals surface area (Å²) in [5.74, 6) is 1.35. The summed E-state index contributed by atoms with van der Waals surface area (Å²) in [6.45, 7) is 15.0. The summed E-state index contributed by atoms with van der Waals surface area (Å²) in [7, 11) is 0. The van der Waals surface area contributed by atoms with Gasteiger partial charge in [0.15, 0.2) is 0 Å². The number of hydrogen-bond donors (Lipinski definition) is 1. The summed E-state index contributed by atoms with van der Waals surface area (Å²) < 4.78 is 6.11. The van der Waals surface area contributed by atoms with E-state index in [4.69, 9.17) is 4.74 Å². The summed E-state index contributed by atoms with van der Waals surface area (Å²) in [5.41, 5.74) is 3.58. The molecule has 240 valence electrons. The fraction of sp³-hybridized carbons (Fsp3) is 0.744. The van der Waals surface area contributed by atoms with Crippen LogP contribution in [0.15, 0.2) is 35.9 Å². The Morgan fingerprint density at radius 1 is 0.884 bits per heavy atom. The number of rotatable bonds is 4. The zero-order valence-electron chi connectivity index (χ0n) is 26.3. The van der Waals surface area contributed by atoms with E-state index in [1.165, 1.54) is 63.9 Å². The molecule has 1 aromatic carbocycles. The summed E-state index contributed by atoms with van der Waals surface area (Å²) >= 11 is 0. The molecular weight excluding hydrogens is 532 g/mol. The van der Waals surface area contributed by atoms with Crippen molar-refractivity contribution in [1.82, 2.24) is 0 Å². The lowest BCUT2D eigenvalue weighted by Crippen LogP contribution is -2.59. The van der Waals surface area contributed by atoms with Crippen molar-refractivity contribution in [3.05, 3.63) is 47.0 Å². The van der Waals surface area contributed by atoms with E-state index in [9.17, 15) is 14.7 Å². The standard InChI is InChI=1S/C37H52O4.2CH4/c1-7-37-19-15-28-26(29(37)22-34(3,4)20-21-37)12-13-31-35(5)18-16-30(23(2)27(35)14-17-36(28,31)6)41-33(40)25-11-9-8-10-24(25)32(38)39;;/h8-12,23,27-31H,7,13-22H2,1-6H3,(H,38,39);2*1H4. The third kappa shape index (κ3) is 5.21. The van der Waals surface area contributed by atoms with Gasteiger partial charge in [-0.05, 0) is 134 Å². The van der Waals surface area contributed by atoms with Crippen molar-refractivity contribution in [2.45, 2.75) is 133 Å². The molecule has 0 heterocycles. The summed E-state index contributed by atoms with van der Waals surface area (Å²) in [5, 5.41) is 9.58. The Bertz CT molecular complexity index is 1250. The van der Waals surface area contributed by atoms with Crippen LogP contribution in [0, 0.1) is 51.2 Å². The van der Waals surface area contributed by atoms with E-state index in [1.54, 1.807) is 18.2 Å². The minimum atomic E-state index is -1.09. The Balaban J connectivity index is 0.00000212. The van der Waals surface area contributed by atoms with Crippen LogP contribution >= 0.6 is 0 Å². The lowest BCUT2D eigenvalue weighted by Gasteiger charge is -2.67. The quantitative estimate of drug-likeness (QED) is 0.279. The monoisotopic (exact) mass is 592 g/mol. The molecule has 0 spiro atoms. The van der Waals surface area contributed by atoms with Gasteiger partial charge in [0, 0.05) is 0 Å². The van der Waals surface area contributed by atoms with Gasteiger partial charge in [-0.1, -0.05) is 80.2 Å². The minimum absolute atomic E-state index is 0. The Morgan fingerprint density at radius 2 is 1.56 bits per heavy atom. The molecule has 4 fully saturated rings. The third-order valence-corrected chi connectivity index (χ3v) is 13.9. The number of carbonyl (C=O) groups excluding carboxylic acids is 1. The maximum atomic E-state index is 13.2. The van der Waals surface area contributed by atoms with E-state index in [-0.39, 0.29) is 43.4 Å². The number of allylic oxidation sites excluding steroid dienone is 2. The lowest BCUT2D eigenvalue weighted by molar-refractivity contribution is -0.158. The first-order chi connectivity index (χ1) is 19.4. The van der Waals surface area contributed by atoms with E-state index in [2.05, 4.69) is 47.6 Å². The van der Waals surface area contributed by atoms with Gasteiger partial charge in [-0.25, -0.2) is 9.59 Å². The van der Waals surface area contributed by atoms with Gasteiger partial charge in [0.05, 0.1) is 11.1 Å².